The summed E-state index contributed by atoms with van der Waals surface area (Å²) >= 11 is 5.50. The maximum absolute atomic E-state index is 14.0. The molecule has 0 radical (unpaired) electrons. The number of phenolic OH excluding ortho intramolecular Hbond substituents is 1. The number of fused-ring (bicyclic) bond motifs is 1. The molecule has 0 aliphatic carbocycles. The highest BCUT2D eigenvalue weighted by Crippen LogP contribution is 2.25. The van der Waals surface area contributed by atoms with Crippen molar-refractivity contribution in [1.29, 1.82) is 5.41 Å². The summed E-state index contributed by atoms with van der Waals surface area (Å²) in [4.78, 5) is 27.5. The number of hydrogen-bond donors (Lipinski definition) is 3. The van der Waals surface area contributed by atoms with E-state index in [1.54, 1.807) is 18.2 Å². The Morgan fingerprint density at radius 1 is 0.921 bits per heavy atom. The largest absolute Gasteiger partial charge is 0.506 e. The van der Waals surface area contributed by atoms with Crippen LogP contribution in [-0.4, -0.2) is 54.2 Å². The SMILES string of the molecule is N=Cc1ccc(C(=O)N2CCN(c3ccccc3F)CC2)c2ccccc12.NC(=O)c1ccc(O)c(Cl)c1. The monoisotopic (exact) mass is 532 g/mol. The van der Waals surface area contributed by atoms with E-state index in [1.165, 1.54) is 30.5 Å². The van der Waals surface area contributed by atoms with Crippen molar-refractivity contribution in [3.05, 3.63) is 106 Å². The summed E-state index contributed by atoms with van der Waals surface area (Å²) in [5, 5.41) is 18.4. The van der Waals surface area contributed by atoms with Gasteiger partial charge in [0.25, 0.3) is 5.91 Å². The minimum Gasteiger partial charge on any atom is -0.506 e. The molecule has 0 bridgehead atoms. The lowest BCUT2D eigenvalue weighted by Gasteiger charge is -2.36. The van der Waals surface area contributed by atoms with Crippen LogP contribution in [0.15, 0.2) is 78.9 Å². The number of nitrogens with one attached hydrogen (secondary N) is 1. The van der Waals surface area contributed by atoms with Crippen LogP contribution in [0.5, 0.6) is 5.75 Å². The van der Waals surface area contributed by atoms with Gasteiger partial charge in [0.1, 0.15) is 11.6 Å². The van der Waals surface area contributed by atoms with Crippen LogP contribution in [0.4, 0.5) is 10.1 Å². The first-order valence-corrected chi connectivity index (χ1v) is 12.3. The molecule has 4 N–H and O–H groups in total. The van der Waals surface area contributed by atoms with E-state index in [0.717, 1.165) is 16.3 Å². The van der Waals surface area contributed by atoms with E-state index in [0.29, 0.717) is 37.4 Å². The molecule has 1 saturated heterocycles. The van der Waals surface area contributed by atoms with Gasteiger partial charge in [-0.1, -0.05) is 54.1 Å². The van der Waals surface area contributed by atoms with E-state index in [9.17, 15) is 14.0 Å². The average molecular weight is 533 g/mol. The van der Waals surface area contributed by atoms with Crippen LogP contribution < -0.4 is 10.6 Å². The number of halogens is 2. The number of amides is 2. The number of carbonyl (C=O) groups is 2. The standard InChI is InChI=1S/C22H20FN3O.C7H6ClNO2/c23-20-7-3-4-8-21(20)25-11-13-26(14-12-25)22(27)19-10-9-16(15-24)17-5-1-2-6-18(17)19;8-5-3-4(7(9)11)1-2-6(5)10/h1-10,15,24H,11-14H2;1-3,10H,(H2,9,11). The van der Waals surface area contributed by atoms with E-state index < -0.39 is 5.91 Å². The summed E-state index contributed by atoms with van der Waals surface area (Å²) in [7, 11) is 0. The first-order valence-electron chi connectivity index (χ1n) is 11.9. The van der Waals surface area contributed by atoms with Crippen LogP contribution in [0.2, 0.25) is 5.02 Å². The lowest BCUT2D eigenvalue weighted by molar-refractivity contribution is 0.0748. The summed E-state index contributed by atoms with van der Waals surface area (Å²) in [5.74, 6) is -0.870. The van der Waals surface area contributed by atoms with Crippen molar-refractivity contribution >= 4 is 46.1 Å². The Kier molecular flexibility index (Phi) is 8.23. The zero-order valence-electron chi connectivity index (χ0n) is 20.4. The number of primary amides is 1. The molecular weight excluding hydrogens is 507 g/mol. The molecule has 4 aromatic carbocycles. The molecule has 4 aromatic rings. The Labute approximate surface area is 224 Å². The fourth-order valence-electron chi connectivity index (χ4n) is 4.32. The van der Waals surface area contributed by atoms with E-state index in [2.05, 4.69) is 0 Å². The quantitative estimate of drug-likeness (QED) is 0.318. The maximum Gasteiger partial charge on any atom is 0.254 e. The van der Waals surface area contributed by atoms with Crippen molar-refractivity contribution in [2.45, 2.75) is 0 Å². The van der Waals surface area contributed by atoms with Crippen LogP contribution in [0.1, 0.15) is 26.3 Å². The van der Waals surface area contributed by atoms with Crippen LogP contribution in [0.25, 0.3) is 10.8 Å². The van der Waals surface area contributed by atoms with Crippen LogP contribution in [-0.2, 0) is 0 Å². The Balaban J connectivity index is 0.000000257. The molecular formula is C29H26ClFN4O3. The Morgan fingerprint density at radius 2 is 1.58 bits per heavy atom. The predicted octanol–water partition coefficient (Wildman–Crippen LogP) is 5.08. The summed E-state index contributed by atoms with van der Waals surface area (Å²) in [5.41, 5.74) is 7.27. The molecule has 1 heterocycles. The Morgan fingerprint density at radius 3 is 2.21 bits per heavy atom. The fourth-order valence-corrected chi connectivity index (χ4v) is 4.50. The second kappa shape index (κ2) is 11.7. The summed E-state index contributed by atoms with van der Waals surface area (Å²) < 4.78 is 14.0. The van der Waals surface area contributed by atoms with E-state index in [1.807, 2.05) is 46.2 Å². The normalized spacial score (nSPS) is 13.0. The summed E-state index contributed by atoms with van der Waals surface area (Å²) in [6.07, 6.45) is 1.31. The third kappa shape index (κ3) is 5.76. The Hall–Kier alpha value is -4.43. The van der Waals surface area contributed by atoms with Gasteiger partial charge in [-0.15, -0.1) is 0 Å². The smallest absolute Gasteiger partial charge is 0.254 e. The van der Waals surface area contributed by atoms with Crippen LogP contribution >= 0.6 is 11.6 Å². The number of nitrogens with zero attached hydrogens (tertiary/aromatic N) is 2. The van der Waals surface area contributed by atoms with Crippen molar-refractivity contribution in [2.24, 2.45) is 5.73 Å². The molecule has 194 valence electrons. The van der Waals surface area contributed by atoms with Gasteiger partial charge in [-0.25, -0.2) is 4.39 Å². The van der Waals surface area contributed by atoms with E-state index in [-0.39, 0.29) is 28.1 Å². The van der Waals surface area contributed by atoms with Crippen molar-refractivity contribution in [1.82, 2.24) is 4.90 Å². The van der Waals surface area contributed by atoms with Gasteiger partial charge in [-0.2, -0.15) is 0 Å². The molecule has 0 atom stereocenters. The van der Waals surface area contributed by atoms with Gasteiger partial charge in [0, 0.05) is 43.5 Å². The number of nitrogens with two attached hydrogens (primary N) is 1. The molecule has 0 spiro atoms. The minimum atomic E-state index is -0.563. The Bertz CT molecular complexity index is 1500. The third-order valence-electron chi connectivity index (χ3n) is 6.34. The zero-order chi connectivity index (χ0) is 27.2. The highest BCUT2D eigenvalue weighted by molar-refractivity contribution is 6.32. The molecule has 2 amide bonds. The lowest BCUT2D eigenvalue weighted by Crippen LogP contribution is -2.49. The van der Waals surface area contributed by atoms with Gasteiger partial charge in [0.15, 0.2) is 0 Å². The molecule has 1 fully saturated rings. The van der Waals surface area contributed by atoms with Crippen LogP contribution in [0.3, 0.4) is 0 Å². The van der Waals surface area contributed by atoms with Crippen LogP contribution in [0, 0.1) is 11.2 Å². The van der Waals surface area contributed by atoms with Gasteiger partial charge in [-0.05, 0) is 52.7 Å². The number of phenols is 1. The predicted molar refractivity (Wildman–Crippen MR) is 148 cm³/mol. The lowest BCUT2D eigenvalue weighted by atomic mass is 9.99. The van der Waals surface area contributed by atoms with Crippen molar-refractivity contribution in [3.63, 3.8) is 0 Å². The molecule has 1 aliphatic rings. The molecule has 0 unspecified atom stereocenters. The molecule has 7 nitrogen and oxygen atoms in total. The molecule has 0 saturated carbocycles. The minimum absolute atomic E-state index is 0.0177. The number of hydrogen-bond acceptors (Lipinski definition) is 5. The first-order chi connectivity index (χ1) is 18.3. The number of anilines is 1. The molecule has 38 heavy (non-hydrogen) atoms. The average Bonchev–Trinajstić information content (AvgIpc) is 2.94. The van der Waals surface area contributed by atoms with Crippen molar-refractivity contribution in [2.75, 3.05) is 31.1 Å². The van der Waals surface area contributed by atoms with Gasteiger partial charge < -0.3 is 26.0 Å². The van der Waals surface area contributed by atoms with Crippen molar-refractivity contribution < 1.29 is 19.1 Å². The van der Waals surface area contributed by atoms with E-state index in [4.69, 9.17) is 27.9 Å². The fraction of sp³-hybridized carbons (Fsp3) is 0.138. The second-order valence-corrected chi connectivity index (χ2v) is 9.06. The molecule has 5 rings (SSSR count). The van der Waals surface area contributed by atoms with Gasteiger partial charge in [0.2, 0.25) is 5.91 Å². The summed E-state index contributed by atoms with van der Waals surface area (Å²) in [6, 6.07) is 22.1. The highest BCUT2D eigenvalue weighted by atomic mass is 35.5. The highest BCUT2D eigenvalue weighted by Gasteiger charge is 2.24. The number of para-hydroxylation sites is 1. The number of piperazine rings is 1. The topological polar surface area (TPSA) is 111 Å². The summed E-state index contributed by atoms with van der Waals surface area (Å²) in [6.45, 7) is 2.30. The molecule has 9 heteroatoms. The zero-order valence-corrected chi connectivity index (χ0v) is 21.2. The number of carbonyl (C=O) groups excluding carboxylic acids is 2. The van der Waals surface area contributed by atoms with Gasteiger partial charge in [-0.3, -0.25) is 9.59 Å². The number of benzene rings is 4. The number of rotatable bonds is 4. The van der Waals surface area contributed by atoms with Gasteiger partial charge in [0.05, 0.1) is 10.7 Å². The molecule has 1 aliphatic heterocycles. The third-order valence-corrected chi connectivity index (χ3v) is 6.64. The van der Waals surface area contributed by atoms with Crippen molar-refractivity contribution in [3.8, 4) is 5.75 Å². The molecule has 0 aromatic heterocycles. The second-order valence-electron chi connectivity index (χ2n) is 8.65. The van der Waals surface area contributed by atoms with Gasteiger partial charge >= 0.3 is 0 Å². The van der Waals surface area contributed by atoms with E-state index >= 15 is 0 Å². The number of aromatic hydroxyl groups is 1. The maximum atomic E-state index is 14.0. The first kappa shape index (κ1) is 26.6.